The molecule has 0 saturated heterocycles. The summed E-state index contributed by atoms with van der Waals surface area (Å²) in [5.41, 5.74) is 1.61. The summed E-state index contributed by atoms with van der Waals surface area (Å²) in [5, 5.41) is 5.56. The maximum Gasteiger partial charge on any atom is 0.213 e. The van der Waals surface area contributed by atoms with Crippen LogP contribution in [0.2, 0.25) is 0 Å². The standard InChI is InChI=1S/C12H15N3OS/c1-7(2)5-10-14-15-9(6-16)11(8-3-4-8)13-12(15)17-10/h6-8H,3-5H2,1-2H3. The van der Waals surface area contributed by atoms with E-state index in [0.717, 1.165) is 41.2 Å². The van der Waals surface area contributed by atoms with Gasteiger partial charge in [-0.15, -0.1) is 0 Å². The molecule has 2 heterocycles. The van der Waals surface area contributed by atoms with Crippen LogP contribution in [0, 0.1) is 5.92 Å². The van der Waals surface area contributed by atoms with Crippen molar-refractivity contribution in [2.24, 2.45) is 5.92 Å². The summed E-state index contributed by atoms with van der Waals surface area (Å²) in [6, 6.07) is 0. The molecule has 0 spiro atoms. The average molecular weight is 249 g/mol. The van der Waals surface area contributed by atoms with Gasteiger partial charge in [-0.1, -0.05) is 25.2 Å². The van der Waals surface area contributed by atoms with Crippen LogP contribution in [-0.2, 0) is 6.42 Å². The fourth-order valence-electron chi connectivity index (χ4n) is 2.02. The molecule has 0 amide bonds. The number of nitrogens with zero attached hydrogens (tertiary/aromatic N) is 3. The third-order valence-electron chi connectivity index (χ3n) is 2.97. The molecule has 3 rings (SSSR count). The van der Waals surface area contributed by atoms with Crippen LogP contribution in [0.25, 0.3) is 4.96 Å². The van der Waals surface area contributed by atoms with Crippen LogP contribution in [0.5, 0.6) is 0 Å². The number of aromatic nitrogens is 3. The predicted octanol–water partition coefficient (Wildman–Crippen LogP) is 2.68. The Morgan fingerprint density at radius 1 is 1.53 bits per heavy atom. The van der Waals surface area contributed by atoms with Gasteiger partial charge in [-0.25, -0.2) is 4.98 Å². The van der Waals surface area contributed by atoms with E-state index in [1.807, 2.05) is 0 Å². The second-order valence-electron chi connectivity index (χ2n) is 5.06. The van der Waals surface area contributed by atoms with Crippen molar-refractivity contribution in [3.05, 3.63) is 16.4 Å². The fourth-order valence-corrected chi connectivity index (χ4v) is 3.14. The van der Waals surface area contributed by atoms with Gasteiger partial charge in [-0.3, -0.25) is 4.79 Å². The van der Waals surface area contributed by atoms with Crippen molar-refractivity contribution < 1.29 is 4.79 Å². The number of rotatable bonds is 4. The van der Waals surface area contributed by atoms with Crippen molar-refractivity contribution in [2.75, 3.05) is 0 Å². The normalized spacial score (nSPS) is 15.9. The molecule has 5 heteroatoms. The molecule has 0 atom stereocenters. The summed E-state index contributed by atoms with van der Waals surface area (Å²) in [6.45, 7) is 4.33. The minimum Gasteiger partial charge on any atom is -0.296 e. The molecule has 0 aliphatic heterocycles. The largest absolute Gasteiger partial charge is 0.296 e. The van der Waals surface area contributed by atoms with Gasteiger partial charge in [0.25, 0.3) is 0 Å². The Hall–Kier alpha value is -1.23. The quantitative estimate of drug-likeness (QED) is 0.783. The average Bonchev–Trinajstić information content (AvgIpc) is 2.94. The van der Waals surface area contributed by atoms with E-state index >= 15 is 0 Å². The molecule has 1 aliphatic carbocycles. The van der Waals surface area contributed by atoms with Crippen LogP contribution >= 0.6 is 11.3 Å². The summed E-state index contributed by atoms with van der Waals surface area (Å²) in [4.78, 5) is 16.6. The van der Waals surface area contributed by atoms with Gasteiger partial charge in [0.1, 0.15) is 10.7 Å². The monoisotopic (exact) mass is 249 g/mol. The van der Waals surface area contributed by atoms with Crippen LogP contribution in [0.15, 0.2) is 0 Å². The molecule has 0 unspecified atom stereocenters. The zero-order valence-corrected chi connectivity index (χ0v) is 10.8. The number of imidazole rings is 1. The molecule has 0 bridgehead atoms. The summed E-state index contributed by atoms with van der Waals surface area (Å²) >= 11 is 1.60. The summed E-state index contributed by atoms with van der Waals surface area (Å²) in [7, 11) is 0. The first kappa shape index (κ1) is 10.9. The molecule has 0 aromatic carbocycles. The molecule has 1 fully saturated rings. The second kappa shape index (κ2) is 3.91. The van der Waals surface area contributed by atoms with Gasteiger partial charge in [0.2, 0.25) is 4.96 Å². The zero-order valence-electron chi connectivity index (χ0n) is 10.0. The Labute approximate surface area is 104 Å². The summed E-state index contributed by atoms with van der Waals surface area (Å²) in [5.74, 6) is 1.08. The van der Waals surface area contributed by atoms with Gasteiger partial charge in [0, 0.05) is 12.3 Å². The third kappa shape index (κ3) is 1.88. The number of hydrogen-bond donors (Lipinski definition) is 0. The van der Waals surface area contributed by atoms with E-state index in [0.29, 0.717) is 17.5 Å². The van der Waals surface area contributed by atoms with Gasteiger partial charge in [0.05, 0.1) is 5.69 Å². The van der Waals surface area contributed by atoms with Crippen molar-refractivity contribution in [1.29, 1.82) is 0 Å². The van der Waals surface area contributed by atoms with Gasteiger partial charge in [-0.2, -0.15) is 9.61 Å². The lowest BCUT2D eigenvalue weighted by molar-refractivity contribution is 0.111. The third-order valence-corrected chi connectivity index (χ3v) is 3.90. The van der Waals surface area contributed by atoms with Crippen molar-refractivity contribution in [2.45, 2.75) is 39.0 Å². The number of hydrogen-bond acceptors (Lipinski definition) is 4. The first-order valence-electron chi connectivity index (χ1n) is 6.02. The van der Waals surface area contributed by atoms with Crippen molar-refractivity contribution in [3.8, 4) is 0 Å². The molecule has 1 saturated carbocycles. The Morgan fingerprint density at radius 2 is 2.29 bits per heavy atom. The minimum absolute atomic E-state index is 0.498. The topological polar surface area (TPSA) is 47.3 Å². The number of aldehydes is 1. The highest BCUT2D eigenvalue weighted by molar-refractivity contribution is 7.16. The van der Waals surface area contributed by atoms with Crippen LogP contribution in [0.3, 0.4) is 0 Å². The Kier molecular flexibility index (Phi) is 2.50. The van der Waals surface area contributed by atoms with Gasteiger partial charge < -0.3 is 0 Å². The van der Waals surface area contributed by atoms with Gasteiger partial charge in [-0.05, 0) is 18.8 Å². The molecule has 4 nitrogen and oxygen atoms in total. The molecule has 17 heavy (non-hydrogen) atoms. The summed E-state index contributed by atoms with van der Waals surface area (Å²) in [6.07, 6.45) is 4.16. The predicted molar refractivity (Wildman–Crippen MR) is 66.8 cm³/mol. The van der Waals surface area contributed by atoms with Crippen molar-refractivity contribution in [1.82, 2.24) is 14.6 Å². The number of carbonyl (C=O) groups excluding carboxylic acids is 1. The number of carbonyl (C=O) groups is 1. The van der Waals surface area contributed by atoms with Crippen LogP contribution in [0.4, 0.5) is 0 Å². The van der Waals surface area contributed by atoms with E-state index in [1.165, 1.54) is 0 Å². The lowest BCUT2D eigenvalue weighted by Gasteiger charge is -1.98. The maximum absolute atomic E-state index is 11.2. The second-order valence-corrected chi connectivity index (χ2v) is 6.10. The van der Waals surface area contributed by atoms with Crippen LogP contribution in [0.1, 0.15) is 53.8 Å². The highest BCUT2D eigenvalue weighted by Crippen LogP contribution is 2.41. The van der Waals surface area contributed by atoms with E-state index in [-0.39, 0.29) is 0 Å². The van der Waals surface area contributed by atoms with Gasteiger partial charge in [0.15, 0.2) is 6.29 Å². The van der Waals surface area contributed by atoms with E-state index in [2.05, 4.69) is 23.9 Å². The smallest absolute Gasteiger partial charge is 0.213 e. The Morgan fingerprint density at radius 3 is 2.88 bits per heavy atom. The Balaban J connectivity index is 2.05. The summed E-state index contributed by atoms with van der Waals surface area (Å²) < 4.78 is 1.73. The maximum atomic E-state index is 11.2. The van der Waals surface area contributed by atoms with E-state index in [1.54, 1.807) is 15.9 Å². The van der Waals surface area contributed by atoms with Crippen LogP contribution in [-0.4, -0.2) is 20.9 Å². The SMILES string of the molecule is CC(C)Cc1nn2c(C=O)c(C3CC3)nc2s1. The molecule has 1 aliphatic rings. The molecule has 0 N–H and O–H groups in total. The van der Waals surface area contributed by atoms with Crippen molar-refractivity contribution in [3.63, 3.8) is 0 Å². The van der Waals surface area contributed by atoms with Gasteiger partial charge >= 0.3 is 0 Å². The van der Waals surface area contributed by atoms with E-state index in [9.17, 15) is 4.79 Å². The van der Waals surface area contributed by atoms with Crippen LogP contribution < -0.4 is 0 Å². The molecule has 90 valence electrons. The highest BCUT2D eigenvalue weighted by Gasteiger charge is 2.31. The highest BCUT2D eigenvalue weighted by atomic mass is 32.1. The molecule has 2 aromatic heterocycles. The molecule has 0 radical (unpaired) electrons. The first-order valence-corrected chi connectivity index (χ1v) is 6.84. The zero-order chi connectivity index (χ0) is 12.0. The molecular formula is C12H15N3OS. The Bertz CT molecular complexity index is 566. The van der Waals surface area contributed by atoms with E-state index in [4.69, 9.17) is 0 Å². The number of fused-ring (bicyclic) bond motifs is 1. The lowest BCUT2D eigenvalue weighted by atomic mass is 10.1. The molecule has 2 aromatic rings. The van der Waals surface area contributed by atoms with E-state index < -0.39 is 0 Å². The first-order chi connectivity index (χ1) is 8.19. The fraction of sp³-hybridized carbons (Fsp3) is 0.583. The molecular weight excluding hydrogens is 234 g/mol. The lowest BCUT2D eigenvalue weighted by Crippen LogP contribution is -1.98. The minimum atomic E-state index is 0.498. The van der Waals surface area contributed by atoms with Crippen molar-refractivity contribution >= 4 is 22.6 Å².